The van der Waals surface area contributed by atoms with Gasteiger partial charge in [-0.1, -0.05) is 133 Å². The van der Waals surface area contributed by atoms with E-state index in [9.17, 15) is 0 Å². The minimum atomic E-state index is 0.784. The van der Waals surface area contributed by atoms with E-state index in [1.165, 1.54) is 22.3 Å². The molecule has 0 bridgehead atoms. The third-order valence-electron chi connectivity index (χ3n) is 10.2. The maximum atomic E-state index is 7.07. The summed E-state index contributed by atoms with van der Waals surface area (Å²) in [5.41, 5.74) is 12.0. The van der Waals surface area contributed by atoms with E-state index in [-0.39, 0.29) is 0 Å². The van der Waals surface area contributed by atoms with Gasteiger partial charge in [-0.25, -0.2) is 0 Å². The summed E-state index contributed by atoms with van der Waals surface area (Å²) in [4.78, 5) is 4.64. The second-order valence-corrected chi connectivity index (χ2v) is 13.4. The molecular formula is C50H35N3O. The van der Waals surface area contributed by atoms with E-state index in [0.717, 1.165) is 62.3 Å². The van der Waals surface area contributed by atoms with Crippen LogP contribution in [-0.4, -0.2) is 4.57 Å². The smallest absolute Gasteiger partial charge is 0.178 e. The summed E-state index contributed by atoms with van der Waals surface area (Å²) in [5.74, 6) is 2.58. The quantitative estimate of drug-likeness (QED) is 0.166. The fourth-order valence-corrected chi connectivity index (χ4v) is 7.62. The molecule has 0 aliphatic carbocycles. The van der Waals surface area contributed by atoms with Gasteiger partial charge in [-0.05, 0) is 95.1 Å². The first-order valence-electron chi connectivity index (χ1n) is 18.3. The second-order valence-electron chi connectivity index (χ2n) is 13.4. The lowest BCUT2D eigenvalue weighted by Gasteiger charge is -2.34. The number of hydrogen-bond acceptors (Lipinski definition) is 3. The Kier molecular flexibility index (Phi) is 7.77. The summed E-state index contributed by atoms with van der Waals surface area (Å²) >= 11 is 0. The van der Waals surface area contributed by atoms with Crippen molar-refractivity contribution < 1.29 is 4.74 Å². The number of rotatable bonds is 7. The zero-order chi connectivity index (χ0) is 35.8. The second kappa shape index (κ2) is 13.4. The van der Waals surface area contributed by atoms with Crippen LogP contribution in [0.3, 0.4) is 0 Å². The molecule has 1 aliphatic heterocycles. The summed E-state index contributed by atoms with van der Waals surface area (Å²) in [6.07, 6.45) is 0. The maximum absolute atomic E-state index is 7.07. The van der Waals surface area contributed by atoms with E-state index >= 15 is 0 Å². The molecule has 0 unspecified atom stereocenters. The summed E-state index contributed by atoms with van der Waals surface area (Å²) < 4.78 is 9.38. The average Bonchev–Trinajstić information content (AvgIpc) is 3.58. The van der Waals surface area contributed by atoms with Crippen molar-refractivity contribution in [2.45, 2.75) is 0 Å². The molecule has 9 aromatic rings. The van der Waals surface area contributed by atoms with Crippen molar-refractivity contribution in [2.75, 3.05) is 9.80 Å². The molecule has 0 atom stereocenters. The van der Waals surface area contributed by atoms with Crippen LogP contribution < -0.4 is 14.5 Å². The summed E-state index contributed by atoms with van der Waals surface area (Å²) in [6, 6.07) is 74.8. The highest BCUT2D eigenvalue weighted by molar-refractivity contribution is 6.01. The molecule has 1 aliphatic rings. The third kappa shape index (κ3) is 5.49. The van der Waals surface area contributed by atoms with Crippen molar-refractivity contribution in [1.82, 2.24) is 4.57 Å². The topological polar surface area (TPSA) is 20.6 Å². The van der Waals surface area contributed by atoms with E-state index in [4.69, 9.17) is 4.74 Å². The van der Waals surface area contributed by atoms with E-state index in [0.29, 0.717) is 0 Å². The van der Waals surface area contributed by atoms with Gasteiger partial charge in [0.05, 0.1) is 11.2 Å². The van der Waals surface area contributed by atoms with Crippen molar-refractivity contribution >= 4 is 45.2 Å². The Morgan fingerprint density at radius 1 is 0.389 bits per heavy atom. The van der Waals surface area contributed by atoms with Crippen molar-refractivity contribution in [3.05, 3.63) is 212 Å². The van der Waals surface area contributed by atoms with Gasteiger partial charge in [0.15, 0.2) is 17.3 Å². The molecule has 4 heteroatoms. The molecular weight excluding hydrogens is 659 g/mol. The number of benzene rings is 8. The predicted octanol–water partition coefficient (Wildman–Crippen LogP) is 14.0. The van der Waals surface area contributed by atoms with Crippen LogP contribution in [0.5, 0.6) is 11.5 Å². The van der Waals surface area contributed by atoms with E-state index in [2.05, 4.69) is 227 Å². The number of aromatic nitrogens is 1. The highest BCUT2D eigenvalue weighted by atomic mass is 16.5. The SMILES string of the molecule is c1ccc(-c2ccc(N(c3ccc(-c4ccccc4)cc3)c3ccc4c(c3)Oc3c(n(-c5ccccc5)c5ccccc35)N4c3ccccc3)cc2)cc1. The maximum Gasteiger partial charge on any atom is 0.178 e. The third-order valence-corrected chi connectivity index (χ3v) is 10.2. The van der Waals surface area contributed by atoms with Crippen LogP contribution in [0.4, 0.5) is 34.3 Å². The predicted molar refractivity (Wildman–Crippen MR) is 224 cm³/mol. The zero-order valence-corrected chi connectivity index (χ0v) is 29.5. The Hall–Kier alpha value is -7.30. The van der Waals surface area contributed by atoms with E-state index < -0.39 is 0 Å². The van der Waals surface area contributed by atoms with Crippen LogP contribution in [0.1, 0.15) is 0 Å². The van der Waals surface area contributed by atoms with Crippen LogP contribution in [0.2, 0.25) is 0 Å². The zero-order valence-electron chi connectivity index (χ0n) is 29.5. The van der Waals surface area contributed by atoms with Gasteiger partial charge < -0.3 is 9.64 Å². The Bertz CT molecular complexity index is 2620. The molecule has 0 radical (unpaired) electrons. The largest absolute Gasteiger partial charge is 0.450 e. The normalized spacial score (nSPS) is 11.8. The van der Waals surface area contributed by atoms with Gasteiger partial charge in [0, 0.05) is 39.9 Å². The molecule has 1 aromatic heterocycles. The standard InChI is InChI=1S/C50H35N3O/c1-5-15-36(16-6-1)38-25-29-42(30-26-38)51(43-31-27-39(28-32-43)37-17-7-2-8-18-37)44-33-34-47-48(35-44)54-49-45-23-13-14-24-46(45)52(40-19-9-3-10-20-40)50(49)53(47)41-21-11-4-12-22-41/h1-35H. The first-order chi connectivity index (χ1) is 26.8. The molecule has 4 nitrogen and oxygen atoms in total. The van der Waals surface area contributed by atoms with Gasteiger partial charge in [0.25, 0.3) is 0 Å². The number of anilines is 6. The van der Waals surface area contributed by atoms with Crippen molar-refractivity contribution in [2.24, 2.45) is 0 Å². The van der Waals surface area contributed by atoms with Gasteiger partial charge in [-0.2, -0.15) is 0 Å². The first kappa shape index (κ1) is 31.4. The fourth-order valence-electron chi connectivity index (χ4n) is 7.62. The minimum absolute atomic E-state index is 0.784. The number of nitrogens with zero attached hydrogens (tertiary/aromatic N) is 3. The van der Waals surface area contributed by atoms with E-state index in [1.807, 2.05) is 0 Å². The Morgan fingerprint density at radius 2 is 0.852 bits per heavy atom. The van der Waals surface area contributed by atoms with Crippen molar-refractivity contribution in [3.8, 4) is 39.4 Å². The summed E-state index contributed by atoms with van der Waals surface area (Å²) in [7, 11) is 0. The molecule has 54 heavy (non-hydrogen) atoms. The van der Waals surface area contributed by atoms with Gasteiger partial charge >= 0.3 is 0 Å². The van der Waals surface area contributed by atoms with Crippen LogP contribution >= 0.6 is 0 Å². The monoisotopic (exact) mass is 693 g/mol. The molecule has 0 spiro atoms. The number of hydrogen-bond donors (Lipinski definition) is 0. The average molecular weight is 694 g/mol. The number of fused-ring (bicyclic) bond motifs is 4. The Labute approximate surface area is 315 Å². The van der Waals surface area contributed by atoms with Crippen LogP contribution in [0, 0.1) is 0 Å². The van der Waals surface area contributed by atoms with Crippen LogP contribution in [-0.2, 0) is 0 Å². The van der Waals surface area contributed by atoms with Crippen molar-refractivity contribution in [1.29, 1.82) is 0 Å². The van der Waals surface area contributed by atoms with Gasteiger partial charge in [0.1, 0.15) is 0 Å². The highest BCUT2D eigenvalue weighted by Crippen LogP contribution is 2.56. The lowest BCUT2D eigenvalue weighted by molar-refractivity contribution is 0.481. The Morgan fingerprint density at radius 3 is 1.43 bits per heavy atom. The summed E-state index contributed by atoms with van der Waals surface area (Å²) in [5, 5.41) is 1.05. The molecule has 0 saturated carbocycles. The minimum Gasteiger partial charge on any atom is -0.450 e. The number of ether oxygens (including phenoxy) is 1. The molecule has 0 fully saturated rings. The van der Waals surface area contributed by atoms with Gasteiger partial charge in [0.2, 0.25) is 0 Å². The first-order valence-corrected chi connectivity index (χ1v) is 18.3. The number of para-hydroxylation sites is 3. The Balaban J connectivity index is 1.14. The molecule has 2 heterocycles. The molecule has 10 rings (SSSR count). The van der Waals surface area contributed by atoms with Gasteiger partial charge in [-0.3, -0.25) is 9.47 Å². The molecule has 256 valence electrons. The molecule has 0 N–H and O–H groups in total. The highest BCUT2D eigenvalue weighted by Gasteiger charge is 2.33. The molecule has 0 amide bonds. The lowest BCUT2D eigenvalue weighted by atomic mass is 10.0. The van der Waals surface area contributed by atoms with E-state index in [1.54, 1.807) is 0 Å². The van der Waals surface area contributed by atoms with Crippen LogP contribution in [0.15, 0.2) is 212 Å². The van der Waals surface area contributed by atoms with Crippen molar-refractivity contribution in [3.63, 3.8) is 0 Å². The lowest BCUT2D eigenvalue weighted by Crippen LogP contribution is -2.19. The van der Waals surface area contributed by atoms with Crippen LogP contribution in [0.25, 0.3) is 38.8 Å². The molecule has 0 saturated heterocycles. The summed E-state index contributed by atoms with van der Waals surface area (Å²) in [6.45, 7) is 0. The van der Waals surface area contributed by atoms with Gasteiger partial charge in [-0.15, -0.1) is 0 Å². The fraction of sp³-hybridized carbons (Fsp3) is 0. The molecule has 8 aromatic carbocycles.